The van der Waals surface area contributed by atoms with Crippen LogP contribution in [0, 0.1) is 6.92 Å². The molecule has 0 unspecified atom stereocenters. The van der Waals surface area contributed by atoms with Crippen molar-refractivity contribution in [2.75, 3.05) is 5.75 Å². The first-order chi connectivity index (χ1) is 12.3. The minimum atomic E-state index is -3.51. The van der Waals surface area contributed by atoms with Gasteiger partial charge in [0.1, 0.15) is 5.75 Å². The highest BCUT2D eigenvalue weighted by Crippen LogP contribution is 2.18. The number of carbonyl (C=O) groups excluding carboxylic acids is 1. The van der Waals surface area contributed by atoms with Crippen LogP contribution < -0.4 is 10.1 Å². The van der Waals surface area contributed by atoms with Gasteiger partial charge in [-0.25, -0.2) is 8.42 Å². The summed E-state index contributed by atoms with van der Waals surface area (Å²) in [5.41, 5.74) is 2.11. The summed E-state index contributed by atoms with van der Waals surface area (Å²) in [5, 5.41) is 2.77. The summed E-state index contributed by atoms with van der Waals surface area (Å²) >= 11 is 0. The molecule has 0 bridgehead atoms. The second kappa shape index (κ2) is 8.85. The van der Waals surface area contributed by atoms with Crippen LogP contribution in [0.15, 0.2) is 53.4 Å². The van der Waals surface area contributed by atoms with Crippen molar-refractivity contribution in [1.82, 2.24) is 5.32 Å². The van der Waals surface area contributed by atoms with Crippen LogP contribution in [-0.4, -0.2) is 26.2 Å². The molecule has 0 aromatic heterocycles. The molecule has 0 saturated carbocycles. The van der Waals surface area contributed by atoms with E-state index in [0.717, 1.165) is 11.1 Å². The average molecular weight is 375 g/mol. The molecule has 140 valence electrons. The summed E-state index contributed by atoms with van der Waals surface area (Å²) in [4.78, 5) is 12.2. The van der Waals surface area contributed by atoms with Crippen molar-refractivity contribution in [3.05, 3.63) is 59.7 Å². The Morgan fingerprint density at radius 2 is 1.73 bits per heavy atom. The third kappa shape index (κ3) is 5.88. The number of amides is 1. The maximum atomic E-state index is 12.4. The molecule has 0 radical (unpaired) electrons. The number of benzene rings is 2. The van der Waals surface area contributed by atoms with Gasteiger partial charge in [0.15, 0.2) is 9.84 Å². The van der Waals surface area contributed by atoms with E-state index in [9.17, 15) is 13.2 Å². The predicted molar refractivity (Wildman–Crippen MR) is 102 cm³/mol. The fourth-order valence-corrected chi connectivity index (χ4v) is 3.67. The van der Waals surface area contributed by atoms with Gasteiger partial charge in [-0.2, -0.15) is 0 Å². The Morgan fingerprint density at radius 3 is 2.35 bits per heavy atom. The van der Waals surface area contributed by atoms with Crippen LogP contribution in [0.5, 0.6) is 5.75 Å². The first-order valence-electron chi connectivity index (χ1n) is 8.58. The van der Waals surface area contributed by atoms with E-state index >= 15 is 0 Å². The summed E-state index contributed by atoms with van der Waals surface area (Å²) < 4.78 is 30.3. The fraction of sp³-hybridized carbons (Fsp3) is 0.350. The molecule has 0 aliphatic carbocycles. The lowest BCUT2D eigenvalue weighted by Crippen LogP contribution is -2.25. The monoisotopic (exact) mass is 375 g/mol. The van der Waals surface area contributed by atoms with Gasteiger partial charge in [0.05, 0.1) is 16.8 Å². The number of aryl methyl sites for hydroxylation is 1. The highest BCUT2D eigenvalue weighted by atomic mass is 32.2. The van der Waals surface area contributed by atoms with Crippen LogP contribution >= 0.6 is 0 Å². The van der Waals surface area contributed by atoms with Crippen LogP contribution in [0.2, 0.25) is 0 Å². The molecule has 1 N–H and O–H groups in total. The van der Waals surface area contributed by atoms with Gasteiger partial charge < -0.3 is 10.1 Å². The molecule has 6 heteroatoms. The number of sulfone groups is 1. The van der Waals surface area contributed by atoms with Crippen LogP contribution in [0.4, 0.5) is 0 Å². The molecular formula is C20H25NO4S. The first-order valence-corrected chi connectivity index (χ1v) is 10.2. The molecule has 2 rings (SSSR count). The fourth-order valence-electron chi connectivity index (χ4n) is 2.43. The van der Waals surface area contributed by atoms with E-state index in [1.54, 1.807) is 12.1 Å². The summed E-state index contributed by atoms with van der Waals surface area (Å²) in [6.45, 7) is 6.17. The standard InChI is InChI=1S/C20H25NO4S/c1-15(2)25-18-8-10-19(11-9-18)26(23,24)13-12-20(22)21-14-17-7-5-4-6-16(17)3/h4-11,15H,12-14H2,1-3H3,(H,21,22). The maximum Gasteiger partial charge on any atom is 0.221 e. The Bertz CT molecular complexity index is 842. The minimum absolute atomic E-state index is 0.0226. The predicted octanol–water partition coefficient (Wildman–Crippen LogP) is 3.26. The Kier molecular flexibility index (Phi) is 6.80. The van der Waals surface area contributed by atoms with Gasteiger partial charge in [0.2, 0.25) is 5.91 Å². The number of rotatable bonds is 8. The van der Waals surface area contributed by atoms with E-state index < -0.39 is 9.84 Å². The average Bonchev–Trinajstić information content (AvgIpc) is 2.59. The molecule has 0 saturated heterocycles. The molecule has 0 aliphatic heterocycles. The zero-order chi connectivity index (χ0) is 19.2. The number of hydrogen-bond acceptors (Lipinski definition) is 4. The molecule has 1 amide bonds. The maximum absolute atomic E-state index is 12.4. The van der Waals surface area contributed by atoms with Gasteiger partial charge in [0.25, 0.3) is 0 Å². The van der Waals surface area contributed by atoms with Gasteiger partial charge in [0, 0.05) is 13.0 Å². The second-order valence-corrected chi connectivity index (χ2v) is 8.52. The Balaban J connectivity index is 1.88. The van der Waals surface area contributed by atoms with E-state index in [1.165, 1.54) is 12.1 Å². The third-order valence-electron chi connectivity index (χ3n) is 3.89. The van der Waals surface area contributed by atoms with Crippen LogP contribution in [0.25, 0.3) is 0 Å². The van der Waals surface area contributed by atoms with E-state index in [-0.39, 0.29) is 29.1 Å². The lowest BCUT2D eigenvalue weighted by Gasteiger charge is -2.11. The third-order valence-corrected chi connectivity index (χ3v) is 5.62. The van der Waals surface area contributed by atoms with Crippen molar-refractivity contribution < 1.29 is 17.9 Å². The van der Waals surface area contributed by atoms with Gasteiger partial charge in [-0.1, -0.05) is 24.3 Å². The summed E-state index contributed by atoms with van der Waals surface area (Å²) in [6, 6.07) is 14.0. The van der Waals surface area contributed by atoms with Crippen LogP contribution in [0.3, 0.4) is 0 Å². The molecule has 0 fully saturated rings. The smallest absolute Gasteiger partial charge is 0.221 e. The van der Waals surface area contributed by atoms with Crippen molar-refractivity contribution in [3.63, 3.8) is 0 Å². The van der Waals surface area contributed by atoms with Gasteiger partial charge in [-0.3, -0.25) is 4.79 Å². The molecule has 5 nitrogen and oxygen atoms in total. The van der Waals surface area contributed by atoms with E-state index in [1.807, 2.05) is 45.0 Å². The molecule has 0 aliphatic rings. The van der Waals surface area contributed by atoms with Crippen molar-refractivity contribution in [1.29, 1.82) is 0 Å². The minimum Gasteiger partial charge on any atom is -0.491 e. The number of hydrogen-bond donors (Lipinski definition) is 1. The molecule has 0 atom stereocenters. The van der Waals surface area contributed by atoms with Gasteiger partial charge >= 0.3 is 0 Å². The van der Waals surface area contributed by atoms with Gasteiger partial charge in [-0.15, -0.1) is 0 Å². The zero-order valence-corrected chi connectivity index (χ0v) is 16.2. The zero-order valence-electron chi connectivity index (χ0n) is 15.4. The topological polar surface area (TPSA) is 72.5 Å². The Morgan fingerprint density at radius 1 is 1.08 bits per heavy atom. The summed E-state index contributed by atoms with van der Waals surface area (Å²) in [7, 11) is -3.51. The SMILES string of the molecule is Cc1ccccc1CNC(=O)CCS(=O)(=O)c1ccc(OC(C)C)cc1. The van der Waals surface area contributed by atoms with E-state index in [2.05, 4.69) is 5.32 Å². The van der Waals surface area contributed by atoms with Crippen molar-refractivity contribution >= 4 is 15.7 Å². The lowest BCUT2D eigenvalue weighted by atomic mass is 10.1. The van der Waals surface area contributed by atoms with Crippen molar-refractivity contribution in [2.24, 2.45) is 0 Å². The normalized spacial score (nSPS) is 11.4. The largest absolute Gasteiger partial charge is 0.491 e. The van der Waals surface area contributed by atoms with E-state index in [4.69, 9.17) is 4.74 Å². The highest BCUT2D eigenvalue weighted by molar-refractivity contribution is 7.91. The number of nitrogens with one attached hydrogen (secondary N) is 1. The molecule has 2 aromatic carbocycles. The van der Waals surface area contributed by atoms with Gasteiger partial charge in [-0.05, 0) is 56.2 Å². The quantitative estimate of drug-likeness (QED) is 0.769. The highest BCUT2D eigenvalue weighted by Gasteiger charge is 2.16. The molecule has 2 aromatic rings. The van der Waals surface area contributed by atoms with Crippen molar-refractivity contribution in [3.8, 4) is 5.75 Å². The summed E-state index contributed by atoms with van der Waals surface area (Å²) in [5.74, 6) is 0.114. The Labute approximate surface area is 155 Å². The molecule has 0 heterocycles. The van der Waals surface area contributed by atoms with Crippen molar-refractivity contribution in [2.45, 2.75) is 44.7 Å². The van der Waals surface area contributed by atoms with Crippen LogP contribution in [-0.2, 0) is 21.2 Å². The van der Waals surface area contributed by atoms with E-state index in [0.29, 0.717) is 12.3 Å². The summed E-state index contributed by atoms with van der Waals surface area (Å²) in [6.07, 6.45) is -0.0484. The number of carbonyl (C=O) groups is 1. The Hall–Kier alpha value is -2.34. The number of ether oxygens (including phenoxy) is 1. The molecule has 0 spiro atoms. The molecule has 26 heavy (non-hydrogen) atoms. The molecular weight excluding hydrogens is 350 g/mol. The first kappa shape index (κ1) is 20.0. The second-order valence-electron chi connectivity index (χ2n) is 6.41. The lowest BCUT2D eigenvalue weighted by molar-refractivity contribution is -0.120. The van der Waals surface area contributed by atoms with Crippen LogP contribution in [0.1, 0.15) is 31.4 Å².